The van der Waals surface area contributed by atoms with Crippen LogP contribution >= 0.6 is 0 Å². The van der Waals surface area contributed by atoms with Crippen molar-refractivity contribution >= 4 is 0 Å². The van der Waals surface area contributed by atoms with E-state index >= 15 is 0 Å². The van der Waals surface area contributed by atoms with Crippen LogP contribution in [0.5, 0.6) is 0 Å². The van der Waals surface area contributed by atoms with Gasteiger partial charge in [-0.15, -0.1) is 0 Å². The molecule has 0 aliphatic carbocycles. The number of rotatable bonds is 5. The van der Waals surface area contributed by atoms with Gasteiger partial charge in [0.2, 0.25) is 0 Å². The molecule has 1 atom stereocenters. The molecule has 0 radical (unpaired) electrons. The summed E-state index contributed by atoms with van der Waals surface area (Å²) in [7, 11) is 0. The molecule has 0 unspecified atom stereocenters. The van der Waals surface area contributed by atoms with Gasteiger partial charge in [0.1, 0.15) is 5.60 Å². The van der Waals surface area contributed by atoms with Crippen LogP contribution in [0, 0.1) is 0 Å². The molecule has 0 saturated heterocycles. The number of ether oxygens (including phenoxy) is 1. The van der Waals surface area contributed by atoms with Gasteiger partial charge in [0.15, 0.2) is 5.88 Å². The molecular weight excluding hydrogens is 180 g/mol. The molecule has 5 heteroatoms. The highest BCUT2D eigenvalue weighted by Crippen LogP contribution is 2.10. The lowest BCUT2D eigenvalue weighted by molar-refractivity contribution is 0.0392. The van der Waals surface area contributed by atoms with Crippen LogP contribution in [0.25, 0.3) is 10.4 Å². The molecule has 14 heavy (non-hydrogen) atoms. The predicted molar refractivity (Wildman–Crippen MR) is 56.6 cm³/mol. The second-order valence-corrected chi connectivity index (χ2v) is 4.10. The zero-order chi connectivity index (χ0) is 11.2. The van der Waals surface area contributed by atoms with Crippen LogP contribution in [-0.2, 0) is 4.74 Å². The molecule has 0 aliphatic rings. The summed E-state index contributed by atoms with van der Waals surface area (Å²) in [6, 6.07) is 0.0285. The van der Waals surface area contributed by atoms with E-state index < -0.39 is 0 Å². The van der Waals surface area contributed by atoms with Gasteiger partial charge in [-0.05, 0) is 39.8 Å². The molecule has 0 spiro atoms. The third-order valence-electron chi connectivity index (χ3n) is 1.26. The SMILES string of the molecule is C=C(N[C@@H](C)CN=[N+]=[N-])OC(C)(C)C. The van der Waals surface area contributed by atoms with E-state index in [-0.39, 0.29) is 11.6 Å². The fourth-order valence-corrected chi connectivity index (χ4v) is 0.879. The van der Waals surface area contributed by atoms with E-state index in [9.17, 15) is 0 Å². The van der Waals surface area contributed by atoms with Crippen LogP contribution < -0.4 is 5.32 Å². The summed E-state index contributed by atoms with van der Waals surface area (Å²) >= 11 is 0. The minimum atomic E-state index is -0.262. The smallest absolute Gasteiger partial charge is 0.180 e. The molecule has 0 heterocycles. The molecule has 5 nitrogen and oxygen atoms in total. The van der Waals surface area contributed by atoms with Gasteiger partial charge in [0.25, 0.3) is 0 Å². The summed E-state index contributed by atoms with van der Waals surface area (Å²) in [6.45, 7) is 11.8. The van der Waals surface area contributed by atoms with E-state index in [1.165, 1.54) is 0 Å². The van der Waals surface area contributed by atoms with Crippen molar-refractivity contribution in [3.05, 3.63) is 22.9 Å². The third kappa shape index (κ3) is 7.31. The minimum absolute atomic E-state index is 0.0285. The van der Waals surface area contributed by atoms with Crippen molar-refractivity contribution in [2.24, 2.45) is 5.11 Å². The quantitative estimate of drug-likeness (QED) is 0.319. The van der Waals surface area contributed by atoms with E-state index in [0.717, 1.165) is 0 Å². The Bertz CT molecular complexity index is 238. The van der Waals surface area contributed by atoms with E-state index in [4.69, 9.17) is 10.3 Å². The third-order valence-corrected chi connectivity index (χ3v) is 1.26. The molecule has 0 rings (SSSR count). The first-order valence-electron chi connectivity index (χ1n) is 4.50. The molecule has 80 valence electrons. The van der Waals surface area contributed by atoms with Gasteiger partial charge in [0, 0.05) is 17.5 Å². The van der Waals surface area contributed by atoms with Crippen molar-refractivity contribution in [2.75, 3.05) is 6.54 Å². The highest BCUT2D eigenvalue weighted by molar-refractivity contribution is 4.86. The summed E-state index contributed by atoms with van der Waals surface area (Å²) in [5.74, 6) is 0.498. The normalized spacial score (nSPS) is 12.6. The molecular formula is C9H18N4O. The average molecular weight is 198 g/mol. The van der Waals surface area contributed by atoms with Crippen LogP contribution in [0.1, 0.15) is 27.7 Å². The largest absolute Gasteiger partial charge is 0.474 e. The molecule has 0 bridgehead atoms. The molecule has 0 aromatic carbocycles. The van der Waals surface area contributed by atoms with Crippen LogP contribution in [-0.4, -0.2) is 18.2 Å². The standard InChI is InChI=1S/C9H18N4O/c1-7(6-11-13-10)12-8(2)14-9(3,4)5/h7,12H,2,6H2,1,3-5H3/t7-/m0/s1. The van der Waals surface area contributed by atoms with Gasteiger partial charge in [-0.1, -0.05) is 5.11 Å². The van der Waals surface area contributed by atoms with Gasteiger partial charge < -0.3 is 10.1 Å². The van der Waals surface area contributed by atoms with Gasteiger partial charge >= 0.3 is 0 Å². The molecule has 0 aliphatic heterocycles. The van der Waals surface area contributed by atoms with E-state index in [1.807, 2.05) is 27.7 Å². The number of nitrogens with one attached hydrogen (secondary N) is 1. The van der Waals surface area contributed by atoms with Gasteiger partial charge in [-0.3, -0.25) is 0 Å². The zero-order valence-electron chi connectivity index (χ0n) is 9.24. The van der Waals surface area contributed by atoms with Crippen molar-refractivity contribution in [1.29, 1.82) is 0 Å². The number of nitrogens with zero attached hydrogens (tertiary/aromatic N) is 3. The first-order chi connectivity index (χ1) is 6.35. The first-order valence-corrected chi connectivity index (χ1v) is 4.50. The maximum atomic E-state index is 8.11. The number of hydrogen-bond donors (Lipinski definition) is 1. The summed E-state index contributed by atoms with van der Waals surface area (Å²) in [5, 5.41) is 6.43. The van der Waals surface area contributed by atoms with Crippen LogP contribution in [0.2, 0.25) is 0 Å². The Labute approximate surface area is 84.8 Å². The Morgan fingerprint density at radius 3 is 2.64 bits per heavy atom. The van der Waals surface area contributed by atoms with E-state index in [2.05, 4.69) is 21.9 Å². The second-order valence-electron chi connectivity index (χ2n) is 4.10. The highest BCUT2D eigenvalue weighted by Gasteiger charge is 2.13. The van der Waals surface area contributed by atoms with Crippen molar-refractivity contribution in [3.63, 3.8) is 0 Å². The summed E-state index contributed by atoms with van der Waals surface area (Å²) in [5.41, 5.74) is 7.85. The van der Waals surface area contributed by atoms with Crippen LogP contribution in [0.3, 0.4) is 0 Å². The average Bonchev–Trinajstić information content (AvgIpc) is 1.96. The van der Waals surface area contributed by atoms with Crippen molar-refractivity contribution in [1.82, 2.24) is 5.32 Å². The predicted octanol–water partition coefficient (Wildman–Crippen LogP) is 2.56. The lowest BCUT2D eigenvalue weighted by Crippen LogP contribution is -2.32. The summed E-state index contributed by atoms with van der Waals surface area (Å²) in [6.07, 6.45) is 0. The maximum absolute atomic E-state index is 8.11. The Hall–Kier alpha value is -1.35. The number of hydrogen-bond acceptors (Lipinski definition) is 3. The van der Waals surface area contributed by atoms with Crippen LogP contribution in [0.15, 0.2) is 17.6 Å². The molecule has 0 aromatic rings. The lowest BCUT2D eigenvalue weighted by atomic mass is 10.2. The topological polar surface area (TPSA) is 70.0 Å². The van der Waals surface area contributed by atoms with Crippen molar-refractivity contribution in [2.45, 2.75) is 39.3 Å². The van der Waals surface area contributed by atoms with Gasteiger partial charge in [-0.25, -0.2) is 0 Å². The molecule has 0 aromatic heterocycles. The van der Waals surface area contributed by atoms with Crippen molar-refractivity contribution < 1.29 is 4.74 Å². The second kappa shape index (κ2) is 5.40. The van der Waals surface area contributed by atoms with E-state index in [1.54, 1.807) is 0 Å². The zero-order valence-corrected chi connectivity index (χ0v) is 9.24. The van der Waals surface area contributed by atoms with Gasteiger partial charge in [-0.2, -0.15) is 0 Å². The Balaban J connectivity index is 3.88. The van der Waals surface area contributed by atoms with Gasteiger partial charge in [0.05, 0.1) is 0 Å². The molecule has 0 fully saturated rings. The maximum Gasteiger partial charge on any atom is 0.180 e. The van der Waals surface area contributed by atoms with E-state index in [0.29, 0.717) is 12.4 Å². The Morgan fingerprint density at radius 1 is 1.64 bits per heavy atom. The fourth-order valence-electron chi connectivity index (χ4n) is 0.879. The summed E-state index contributed by atoms with van der Waals surface area (Å²) in [4.78, 5) is 2.67. The Kier molecular flexibility index (Phi) is 4.87. The van der Waals surface area contributed by atoms with Crippen LogP contribution in [0.4, 0.5) is 0 Å². The lowest BCUT2D eigenvalue weighted by Gasteiger charge is -2.25. The monoisotopic (exact) mass is 198 g/mol. The molecule has 1 N–H and O–H groups in total. The minimum Gasteiger partial charge on any atom is -0.474 e. The Morgan fingerprint density at radius 2 is 2.21 bits per heavy atom. The van der Waals surface area contributed by atoms with Crippen molar-refractivity contribution in [3.8, 4) is 0 Å². The highest BCUT2D eigenvalue weighted by atomic mass is 16.5. The fraction of sp³-hybridized carbons (Fsp3) is 0.778. The molecule has 0 amide bonds. The first kappa shape index (κ1) is 12.7. The molecule has 0 saturated carbocycles. The summed E-state index contributed by atoms with van der Waals surface area (Å²) < 4.78 is 5.45. The number of azide groups is 1.